The molecule has 24 heavy (non-hydrogen) atoms. The highest BCUT2D eigenvalue weighted by Crippen LogP contribution is 2.45. The van der Waals surface area contributed by atoms with E-state index < -0.39 is 5.41 Å². The van der Waals surface area contributed by atoms with Crippen molar-refractivity contribution in [1.82, 2.24) is 0 Å². The standard InChI is InChI=1S/C21H32O3/c1-4-5-6-7-14-21(20(22)23-3)15-8-9-19(21)24-16-18-12-10-17(2)11-13-18/h10-13,19H,4-9,14-16H2,1-3H3. The largest absolute Gasteiger partial charge is 0.469 e. The summed E-state index contributed by atoms with van der Waals surface area (Å²) < 4.78 is 11.4. The van der Waals surface area contributed by atoms with Crippen LogP contribution in [0.15, 0.2) is 24.3 Å². The monoisotopic (exact) mass is 332 g/mol. The van der Waals surface area contributed by atoms with E-state index in [1.807, 2.05) is 0 Å². The Morgan fingerprint density at radius 3 is 2.62 bits per heavy atom. The first-order valence-electron chi connectivity index (χ1n) is 9.38. The third kappa shape index (κ3) is 4.60. The number of benzene rings is 1. The molecule has 1 saturated carbocycles. The second-order valence-corrected chi connectivity index (χ2v) is 7.14. The molecule has 0 bridgehead atoms. The highest BCUT2D eigenvalue weighted by atomic mass is 16.5. The van der Waals surface area contributed by atoms with Crippen LogP contribution < -0.4 is 0 Å². The predicted molar refractivity (Wildman–Crippen MR) is 96.8 cm³/mol. The summed E-state index contributed by atoms with van der Waals surface area (Å²) in [5, 5.41) is 0. The topological polar surface area (TPSA) is 35.5 Å². The van der Waals surface area contributed by atoms with Crippen LogP contribution in [0.2, 0.25) is 0 Å². The average molecular weight is 332 g/mol. The van der Waals surface area contributed by atoms with Gasteiger partial charge in [0.25, 0.3) is 0 Å². The Balaban J connectivity index is 2.01. The zero-order valence-corrected chi connectivity index (χ0v) is 15.5. The van der Waals surface area contributed by atoms with E-state index >= 15 is 0 Å². The number of carbonyl (C=O) groups is 1. The lowest BCUT2D eigenvalue weighted by atomic mass is 9.79. The maximum Gasteiger partial charge on any atom is 0.314 e. The molecule has 0 radical (unpaired) electrons. The van der Waals surface area contributed by atoms with Gasteiger partial charge in [0.05, 0.1) is 25.2 Å². The lowest BCUT2D eigenvalue weighted by molar-refractivity contribution is -0.163. The van der Waals surface area contributed by atoms with Gasteiger partial charge >= 0.3 is 5.97 Å². The molecule has 1 fully saturated rings. The van der Waals surface area contributed by atoms with Crippen LogP contribution in [0, 0.1) is 12.3 Å². The molecule has 2 atom stereocenters. The molecule has 2 unspecified atom stereocenters. The second kappa shape index (κ2) is 9.22. The first kappa shape index (κ1) is 19.0. The lowest BCUT2D eigenvalue weighted by Gasteiger charge is -2.33. The molecule has 0 N–H and O–H groups in total. The maximum absolute atomic E-state index is 12.6. The highest BCUT2D eigenvalue weighted by Gasteiger charge is 2.50. The Labute approximate surface area is 146 Å². The molecule has 0 aromatic heterocycles. The van der Waals surface area contributed by atoms with Crippen LogP contribution in [0.1, 0.15) is 69.4 Å². The molecule has 134 valence electrons. The SMILES string of the molecule is CCCCCCC1(C(=O)OC)CCCC1OCc1ccc(C)cc1. The van der Waals surface area contributed by atoms with Crippen molar-refractivity contribution in [2.24, 2.45) is 5.41 Å². The highest BCUT2D eigenvalue weighted by molar-refractivity contribution is 5.78. The van der Waals surface area contributed by atoms with Crippen molar-refractivity contribution < 1.29 is 14.3 Å². The molecule has 3 heteroatoms. The molecule has 0 spiro atoms. The molecule has 0 saturated heterocycles. The van der Waals surface area contributed by atoms with Crippen LogP contribution in [0.25, 0.3) is 0 Å². The minimum atomic E-state index is -0.437. The van der Waals surface area contributed by atoms with Crippen LogP contribution in [0.5, 0.6) is 0 Å². The van der Waals surface area contributed by atoms with E-state index in [0.29, 0.717) is 6.61 Å². The van der Waals surface area contributed by atoms with Gasteiger partial charge in [-0.3, -0.25) is 4.79 Å². The number of esters is 1. The number of methoxy groups -OCH3 is 1. The molecule has 0 aliphatic heterocycles. The van der Waals surface area contributed by atoms with Gasteiger partial charge in [-0.25, -0.2) is 0 Å². The van der Waals surface area contributed by atoms with Gasteiger partial charge in [0.2, 0.25) is 0 Å². The number of rotatable bonds is 9. The van der Waals surface area contributed by atoms with E-state index in [4.69, 9.17) is 9.47 Å². The van der Waals surface area contributed by atoms with E-state index in [1.54, 1.807) is 0 Å². The van der Waals surface area contributed by atoms with Gasteiger partial charge in [0.15, 0.2) is 0 Å². The van der Waals surface area contributed by atoms with Crippen molar-refractivity contribution in [3.05, 3.63) is 35.4 Å². The normalized spacial score (nSPS) is 23.4. The molecule has 1 aromatic rings. The number of aryl methyl sites for hydroxylation is 1. The van der Waals surface area contributed by atoms with Gasteiger partial charge in [-0.05, 0) is 38.2 Å². The maximum atomic E-state index is 12.6. The summed E-state index contributed by atoms with van der Waals surface area (Å²) in [6, 6.07) is 8.41. The van der Waals surface area contributed by atoms with Gasteiger partial charge in [-0.2, -0.15) is 0 Å². The molecule has 3 nitrogen and oxygen atoms in total. The van der Waals surface area contributed by atoms with E-state index in [1.165, 1.54) is 31.9 Å². The van der Waals surface area contributed by atoms with Gasteiger partial charge in [0.1, 0.15) is 0 Å². The summed E-state index contributed by atoms with van der Waals surface area (Å²) in [5.74, 6) is -0.0783. The van der Waals surface area contributed by atoms with E-state index in [9.17, 15) is 4.79 Å². The van der Waals surface area contributed by atoms with E-state index in [-0.39, 0.29) is 12.1 Å². The van der Waals surface area contributed by atoms with Crippen LogP contribution >= 0.6 is 0 Å². The quantitative estimate of drug-likeness (QED) is 0.461. The molecular formula is C21H32O3. The van der Waals surface area contributed by atoms with Crippen molar-refractivity contribution in [3.8, 4) is 0 Å². The molecule has 2 rings (SSSR count). The van der Waals surface area contributed by atoms with Crippen molar-refractivity contribution in [1.29, 1.82) is 0 Å². The van der Waals surface area contributed by atoms with Crippen LogP contribution in [0.3, 0.4) is 0 Å². The van der Waals surface area contributed by atoms with Gasteiger partial charge in [-0.1, -0.05) is 62.4 Å². The Hall–Kier alpha value is -1.35. The Bertz CT molecular complexity index is 508. The Morgan fingerprint density at radius 1 is 1.21 bits per heavy atom. The zero-order valence-electron chi connectivity index (χ0n) is 15.5. The fraction of sp³-hybridized carbons (Fsp3) is 0.667. The number of unbranched alkanes of at least 4 members (excludes halogenated alkanes) is 3. The average Bonchev–Trinajstić information content (AvgIpc) is 3.01. The number of hydrogen-bond donors (Lipinski definition) is 0. The number of carbonyl (C=O) groups excluding carboxylic acids is 1. The summed E-state index contributed by atoms with van der Waals surface area (Å²) >= 11 is 0. The molecule has 1 aliphatic rings. The molecule has 0 heterocycles. The van der Waals surface area contributed by atoms with E-state index in [0.717, 1.165) is 37.7 Å². The van der Waals surface area contributed by atoms with Crippen LogP contribution in [0.4, 0.5) is 0 Å². The minimum Gasteiger partial charge on any atom is -0.469 e. The first-order valence-corrected chi connectivity index (χ1v) is 9.38. The van der Waals surface area contributed by atoms with Crippen molar-refractivity contribution in [2.45, 2.75) is 77.9 Å². The Kier molecular flexibility index (Phi) is 7.29. The first-order chi connectivity index (χ1) is 11.6. The van der Waals surface area contributed by atoms with Gasteiger partial charge < -0.3 is 9.47 Å². The fourth-order valence-electron chi connectivity index (χ4n) is 3.86. The third-order valence-electron chi connectivity index (χ3n) is 5.35. The predicted octanol–water partition coefficient (Wildman–Crippen LogP) is 5.19. The van der Waals surface area contributed by atoms with Gasteiger partial charge in [0, 0.05) is 0 Å². The smallest absolute Gasteiger partial charge is 0.314 e. The van der Waals surface area contributed by atoms with Crippen LogP contribution in [-0.2, 0) is 20.9 Å². The van der Waals surface area contributed by atoms with Gasteiger partial charge in [-0.15, -0.1) is 0 Å². The summed E-state index contributed by atoms with van der Waals surface area (Å²) in [6.45, 7) is 4.86. The van der Waals surface area contributed by atoms with Crippen molar-refractivity contribution >= 4 is 5.97 Å². The zero-order chi connectivity index (χ0) is 17.4. The molecule has 0 amide bonds. The van der Waals surface area contributed by atoms with Crippen LogP contribution in [-0.4, -0.2) is 19.2 Å². The second-order valence-electron chi connectivity index (χ2n) is 7.14. The summed E-state index contributed by atoms with van der Waals surface area (Å²) in [4.78, 5) is 12.6. The van der Waals surface area contributed by atoms with E-state index in [2.05, 4.69) is 38.1 Å². The molecule has 1 aliphatic carbocycles. The summed E-state index contributed by atoms with van der Waals surface area (Å²) in [6.07, 6.45) is 8.45. The lowest BCUT2D eigenvalue weighted by Crippen LogP contribution is -2.40. The summed E-state index contributed by atoms with van der Waals surface area (Å²) in [5.41, 5.74) is 1.98. The van der Waals surface area contributed by atoms with Crippen molar-refractivity contribution in [2.75, 3.05) is 7.11 Å². The Morgan fingerprint density at radius 2 is 1.96 bits per heavy atom. The summed E-state index contributed by atoms with van der Waals surface area (Å²) in [7, 11) is 1.51. The minimum absolute atomic E-state index is 0.0205. The molecule has 1 aromatic carbocycles. The number of ether oxygens (including phenoxy) is 2. The van der Waals surface area contributed by atoms with Crippen molar-refractivity contribution in [3.63, 3.8) is 0 Å². The number of hydrogen-bond acceptors (Lipinski definition) is 3. The third-order valence-corrected chi connectivity index (χ3v) is 5.35. The molecular weight excluding hydrogens is 300 g/mol. The fourth-order valence-corrected chi connectivity index (χ4v) is 3.86.